The third kappa shape index (κ3) is 2.86. The molecule has 0 saturated heterocycles. The molecule has 4 nitrogen and oxygen atoms in total. The van der Waals surface area contributed by atoms with Crippen molar-refractivity contribution in [1.29, 1.82) is 0 Å². The van der Waals surface area contributed by atoms with E-state index < -0.39 is 6.10 Å². The third-order valence-corrected chi connectivity index (χ3v) is 3.93. The molecule has 120 valence electrons. The smallest absolute Gasteiger partial charge is 0.268 e. The number of carbonyl (C=O) groups excluding carboxylic acids is 1. The van der Waals surface area contributed by atoms with Crippen LogP contribution in [0.15, 0.2) is 42.5 Å². The molecule has 2 aromatic rings. The summed E-state index contributed by atoms with van der Waals surface area (Å²) in [6, 6.07) is 11.6. The highest BCUT2D eigenvalue weighted by molar-refractivity contribution is 6.00. The molecule has 0 aliphatic carbocycles. The minimum Gasteiger partial charge on any atom is -0.478 e. The number of ether oxygens (including phenoxy) is 1. The van der Waals surface area contributed by atoms with Gasteiger partial charge >= 0.3 is 0 Å². The fraction of sp³-hybridized carbons (Fsp3) is 0.278. The molecule has 0 saturated carbocycles. The van der Waals surface area contributed by atoms with Gasteiger partial charge in [-0.3, -0.25) is 4.79 Å². The van der Waals surface area contributed by atoms with Gasteiger partial charge in [0.1, 0.15) is 11.6 Å². The number of nitrogens with two attached hydrogens (primary N) is 1. The van der Waals surface area contributed by atoms with E-state index in [0.29, 0.717) is 22.7 Å². The standard InChI is InChI=1S/C18H19FN2O2/c1-11(2)17-18(22)21(10-12-5-3-4-6-14(12)19)15-9-13(20)7-8-16(15)23-17/h3-9,11,17H,10,20H2,1-2H3. The van der Waals surface area contributed by atoms with E-state index in [1.807, 2.05) is 13.8 Å². The van der Waals surface area contributed by atoms with Gasteiger partial charge in [-0.1, -0.05) is 32.0 Å². The molecule has 3 rings (SSSR count). The summed E-state index contributed by atoms with van der Waals surface area (Å²) in [6.07, 6.45) is -0.585. The maximum atomic E-state index is 14.0. The van der Waals surface area contributed by atoms with Crippen LogP contribution in [-0.2, 0) is 11.3 Å². The van der Waals surface area contributed by atoms with Crippen LogP contribution in [0, 0.1) is 11.7 Å². The number of amides is 1. The van der Waals surface area contributed by atoms with Crippen molar-refractivity contribution in [2.24, 2.45) is 5.92 Å². The van der Waals surface area contributed by atoms with Crippen molar-refractivity contribution in [3.05, 3.63) is 53.8 Å². The molecule has 5 heteroatoms. The molecule has 0 radical (unpaired) electrons. The summed E-state index contributed by atoms with van der Waals surface area (Å²) < 4.78 is 19.8. The van der Waals surface area contributed by atoms with Crippen LogP contribution in [0.4, 0.5) is 15.8 Å². The van der Waals surface area contributed by atoms with E-state index in [1.165, 1.54) is 6.07 Å². The molecule has 0 fully saturated rings. The third-order valence-electron chi connectivity index (χ3n) is 3.93. The molecule has 1 unspecified atom stereocenters. The molecule has 2 N–H and O–H groups in total. The molecule has 1 heterocycles. The van der Waals surface area contributed by atoms with Gasteiger partial charge in [0.15, 0.2) is 6.10 Å². The monoisotopic (exact) mass is 314 g/mol. The first kappa shape index (κ1) is 15.3. The Labute approximate surface area is 134 Å². The van der Waals surface area contributed by atoms with Crippen molar-refractivity contribution in [3.8, 4) is 5.75 Å². The first-order valence-electron chi connectivity index (χ1n) is 7.58. The molecule has 23 heavy (non-hydrogen) atoms. The second-order valence-electron chi connectivity index (χ2n) is 6.03. The van der Waals surface area contributed by atoms with Gasteiger partial charge < -0.3 is 15.4 Å². The first-order valence-corrected chi connectivity index (χ1v) is 7.58. The van der Waals surface area contributed by atoms with Crippen molar-refractivity contribution in [3.63, 3.8) is 0 Å². The van der Waals surface area contributed by atoms with E-state index in [9.17, 15) is 9.18 Å². The van der Waals surface area contributed by atoms with E-state index >= 15 is 0 Å². The molecular formula is C18H19FN2O2. The first-order chi connectivity index (χ1) is 11.0. The highest BCUT2D eigenvalue weighted by Gasteiger charge is 2.36. The number of benzene rings is 2. The van der Waals surface area contributed by atoms with Gasteiger partial charge in [-0.15, -0.1) is 0 Å². The van der Waals surface area contributed by atoms with Crippen LogP contribution in [0.1, 0.15) is 19.4 Å². The van der Waals surface area contributed by atoms with E-state index in [1.54, 1.807) is 41.3 Å². The van der Waals surface area contributed by atoms with Crippen molar-refractivity contribution >= 4 is 17.3 Å². The normalized spacial score (nSPS) is 17.1. The van der Waals surface area contributed by atoms with Gasteiger partial charge in [0.05, 0.1) is 12.2 Å². The number of nitrogens with zero attached hydrogens (tertiary/aromatic N) is 1. The molecular weight excluding hydrogens is 295 g/mol. The predicted molar refractivity (Wildman–Crippen MR) is 87.7 cm³/mol. The van der Waals surface area contributed by atoms with Crippen LogP contribution in [0.2, 0.25) is 0 Å². The zero-order chi connectivity index (χ0) is 16.6. The van der Waals surface area contributed by atoms with Crippen LogP contribution in [-0.4, -0.2) is 12.0 Å². The molecule has 1 amide bonds. The lowest BCUT2D eigenvalue weighted by Gasteiger charge is -2.36. The average Bonchev–Trinajstić information content (AvgIpc) is 2.51. The Hall–Kier alpha value is -2.56. The number of halogens is 1. The lowest BCUT2D eigenvalue weighted by atomic mass is 10.0. The van der Waals surface area contributed by atoms with Crippen LogP contribution in [0.25, 0.3) is 0 Å². The molecule has 1 aliphatic heterocycles. The maximum absolute atomic E-state index is 14.0. The molecule has 0 bridgehead atoms. The van der Waals surface area contributed by atoms with Crippen LogP contribution in [0.3, 0.4) is 0 Å². The SMILES string of the molecule is CC(C)C1Oc2ccc(N)cc2N(Cc2ccccc2F)C1=O. The van der Waals surface area contributed by atoms with Crippen LogP contribution >= 0.6 is 0 Å². The van der Waals surface area contributed by atoms with Crippen molar-refractivity contribution in [2.45, 2.75) is 26.5 Å². The summed E-state index contributed by atoms with van der Waals surface area (Å²) >= 11 is 0. The maximum Gasteiger partial charge on any atom is 0.268 e. The minimum atomic E-state index is -0.585. The van der Waals surface area contributed by atoms with E-state index in [0.717, 1.165) is 0 Å². The number of carbonyl (C=O) groups is 1. The largest absolute Gasteiger partial charge is 0.478 e. The second-order valence-corrected chi connectivity index (χ2v) is 6.03. The predicted octanol–water partition coefficient (Wildman–Crippen LogP) is 3.36. The average molecular weight is 314 g/mol. The zero-order valence-electron chi connectivity index (χ0n) is 13.1. The number of hydrogen-bond acceptors (Lipinski definition) is 3. The second kappa shape index (κ2) is 5.91. The molecule has 1 aliphatic rings. The quantitative estimate of drug-likeness (QED) is 0.884. The number of anilines is 2. The molecule has 0 aromatic heterocycles. The van der Waals surface area contributed by atoms with Crippen molar-refractivity contribution in [1.82, 2.24) is 0 Å². The Morgan fingerprint density at radius 1 is 1.26 bits per heavy atom. The lowest BCUT2D eigenvalue weighted by molar-refractivity contribution is -0.128. The topological polar surface area (TPSA) is 55.6 Å². The van der Waals surface area contributed by atoms with Gasteiger partial charge in [0, 0.05) is 11.3 Å². The summed E-state index contributed by atoms with van der Waals surface area (Å²) in [6.45, 7) is 3.99. The zero-order valence-corrected chi connectivity index (χ0v) is 13.1. The Kier molecular flexibility index (Phi) is 3.94. The molecule has 1 atom stereocenters. The van der Waals surface area contributed by atoms with Gasteiger partial charge in [0.25, 0.3) is 5.91 Å². The summed E-state index contributed by atoms with van der Waals surface area (Å²) in [4.78, 5) is 14.3. The summed E-state index contributed by atoms with van der Waals surface area (Å²) in [5.74, 6) is 0.0878. The van der Waals surface area contributed by atoms with Gasteiger partial charge in [-0.05, 0) is 30.2 Å². The Bertz CT molecular complexity index is 746. The molecule has 0 spiro atoms. The lowest BCUT2D eigenvalue weighted by Crippen LogP contribution is -2.48. The number of nitrogen functional groups attached to an aromatic ring is 1. The van der Waals surface area contributed by atoms with Gasteiger partial charge in [-0.2, -0.15) is 0 Å². The van der Waals surface area contributed by atoms with Gasteiger partial charge in [-0.25, -0.2) is 4.39 Å². The molecule has 2 aromatic carbocycles. The summed E-state index contributed by atoms with van der Waals surface area (Å²) in [5.41, 5.74) is 7.40. The number of fused-ring (bicyclic) bond motifs is 1. The Morgan fingerprint density at radius 3 is 2.70 bits per heavy atom. The fourth-order valence-corrected chi connectivity index (χ4v) is 2.69. The van der Waals surface area contributed by atoms with E-state index in [4.69, 9.17) is 10.5 Å². The minimum absolute atomic E-state index is 0.0105. The Balaban J connectivity index is 2.04. The fourth-order valence-electron chi connectivity index (χ4n) is 2.69. The summed E-state index contributed by atoms with van der Waals surface area (Å²) in [5, 5.41) is 0. The highest BCUT2D eigenvalue weighted by atomic mass is 19.1. The van der Waals surface area contributed by atoms with E-state index in [-0.39, 0.29) is 24.2 Å². The van der Waals surface area contributed by atoms with Crippen LogP contribution in [0.5, 0.6) is 5.75 Å². The number of rotatable bonds is 3. The van der Waals surface area contributed by atoms with E-state index in [2.05, 4.69) is 0 Å². The summed E-state index contributed by atoms with van der Waals surface area (Å²) in [7, 11) is 0. The Morgan fingerprint density at radius 2 is 2.00 bits per heavy atom. The van der Waals surface area contributed by atoms with Crippen molar-refractivity contribution < 1.29 is 13.9 Å². The number of hydrogen-bond donors (Lipinski definition) is 1. The van der Waals surface area contributed by atoms with Crippen molar-refractivity contribution in [2.75, 3.05) is 10.6 Å². The van der Waals surface area contributed by atoms with Gasteiger partial charge in [0.2, 0.25) is 0 Å². The highest BCUT2D eigenvalue weighted by Crippen LogP contribution is 2.38. The van der Waals surface area contributed by atoms with Crippen LogP contribution < -0.4 is 15.4 Å².